The maximum absolute atomic E-state index is 12.2. The van der Waals surface area contributed by atoms with Gasteiger partial charge in [0.2, 0.25) is 0 Å². The molecule has 26 heavy (non-hydrogen) atoms. The van der Waals surface area contributed by atoms with Gasteiger partial charge in [-0.3, -0.25) is 4.79 Å². The highest BCUT2D eigenvalue weighted by Gasteiger charge is 2.15. The summed E-state index contributed by atoms with van der Waals surface area (Å²) in [5.74, 6) is -0.0657. The first kappa shape index (κ1) is 18.6. The molecule has 1 amide bonds. The van der Waals surface area contributed by atoms with Crippen LogP contribution in [0.3, 0.4) is 0 Å². The zero-order valence-electron chi connectivity index (χ0n) is 15.5. The number of aromatic nitrogens is 2. The van der Waals surface area contributed by atoms with Crippen LogP contribution in [0.5, 0.6) is 0 Å². The van der Waals surface area contributed by atoms with E-state index in [9.17, 15) is 4.79 Å². The molecule has 2 heterocycles. The van der Waals surface area contributed by atoms with Gasteiger partial charge in [-0.05, 0) is 63.4 Å². The van der Waals surface area contributed by atoms with Crippen LogP contribution in [0.2, 0.25) is 0 Å². The van der Waals surface area contributed by atoms with Crippen molar-refractivity contribution in [2.24, 2.45) is 0 Å². The number of amides is 1. The van der Waals surface area contributed by atoms with Gasteiger partial charge in [-0.15, -0.1) is 0 Å². The zero-order valence-corrected chi connectivity index (χ0v) is 15.5. The number of carbonyl (C=O) groups excluding carboxylic acids is 1. The molecule has 140 valence electrons. The number of benzene rings is 1. The van der Waals surface area contributed by atoms with E-state index in [1.165, 1.54) is 0 Å². The van der Waals surface area contributed by atoms with E-state index in [-0.39, 0.29) is 12.0 Å². The third-order valence-electron chi connectivity index (χ3n) is 4.46. The minimum absolute atomic E-state index is 0.0657. The molecule has 1 saturated heterocycles. The molecule has 0 bridgehead atoms. The van der Waals surface area contributed by atoms with Crippen LogP contribution in [0, 0.1) is 13.8 Å². The minimum Gasteiger partial charge on any atom is -0.379 e. The summed E-state index contributed by atoms with van der Waals surface area (Å²) < 4.78 is 13.0. The normalized spacial score (nSPS) is 16.8. The lowest BCUT2D eigenvalue weighted by Gasteiger charge is -2.10. The van der Waals surface area contributed by atoms with Crippen molar-refractivity contribution in [3.05, 3.63) is 47.3 Å². The summed E-state index contributed by atoms with van der Waals surface area (Å²) in [5, 5.41) is 7.38. The van der Waals surface area contributed by atoms with E-state index in [2.05, 4.69) is 10.4 Å². The van der Waals surface area contributed by atoms with E-state index >= 15 is 0 Å². The maximum Gasteiger partial charge on any atom is 0.251 e. The lowest BCUT2D eigenvalue weighted by atomic mass is 10.2. The van der Waals surface area contributed by atoms with Gasteiger partial charge in [0.05, 0.1) is 24.1 Å². The Kier molecular flexibility index (Phi) is 6.41. The second kappa shape index (κ2) is 8.96. The second-order valence-corrected chi connectivity index (χ2v) is 6.71. The average molecular weight is 357 g/mol. The molecular weight excluding hydrogens is 330 g/mol. The summed E-state index contributed by atoms with van der Waals surface area (Å²) >= 11 is 0. The number of ether oxygens (including phenoxy) is 2. The van der Waals surface area contributed by atoms with Crippen LogP contribution in [0.4, 0.5) is 0 Å². The highest BCUT2D eigenvalue weighted by atomic mass is 16.5. The van der Waals surface area contributed by atoms with Crippen molar-refractivity contribution in [1.82, 2.24) is 15.1 Å². The van der Waals surface area contributed by atoms with Crippen molar-refractivity contribution >= 4 is 5.91 Å². The lowest BCUT2D eigenvalue weighted by molar-refractivity contribution is 0.0166. The monoisotopic (exact) mass is 357 g/mol. The molecule has 1 fully saturated rings. The van der Waals surface area contributed by atoms with Crippen molar-refractivity contribution < 1.29 is 14.3 Å². The van der Waals surface area contributed by atoms with Crippen molar-refractivity contribution in [3.8, 4) is 5.69 Å². The first-order valence-electron chi connectivity index (χ1n) is 9.25. The van der Waals surface area contributed by atoms with E-state index in [1.54, 1.807) is 0 Å². The standard InChI is InChI=1S/C20H27N3O3/c1-15-13-16(2)23(22-15)18-8-6-17(7-9-18)20(24)21-10-4-11-25-14-19-5-3-12-26-19/h6-9,13,19H,3-5,10-12,14H2,1-2H3,(H,21,24). The Balaban J connectivity index is 1.39. The molecule has 1 aliphatic rings. The minimum atomic E-state index is -0.0657. The van der Waals surface area contributed by atoms with Gasteiger partial charge >= 0.3 is 0 Å². The van der Waals surface area contributed by atoms with Crippen LogP contribution in [0.1, 0.15) is 41.0 Å². The Bertz CT molecular complexity index is 718. The van der Waals surface area contributed by atoms with E-state index in [1.807, 2.05) is 48.9 Å². The van der Waals surface area contributed by atoms with Gasteiger partial charge in [-0.2, -0.15) is 5.10 Å². The zero-order chi connectivity index (χ0) is 18.4. The average Bonchev–Trinajstić information content (AvgIpc) is 3.27. The number of hydrogen-bond donors (Lipinski definition) is 1. The highest BCUT2D eigenvalue weighted by Crippen LogP contribution is 2.13. The summed E-state index contributed by atoms with van der Waals surface area (Å²) in [6.45, 7) is 6.72. The molecule has 2 aromatic rings. The molecule has 1 aliphatic heterocycles. The summed E-state index contributed by atoms with van der Waals surface area (Å²) in [5.41, 5.74) is 3.65. The van der Waals surface area contributed by atoms with Gasteiger partial charge in [0.1, 0.15) is 0 Å². The predicted octanol–water partition coefficient (Wildman–Crippen LogP) is 2.80. The van der Waals surface area contributed by atoms with Crippen LogP contribution < -0.4 is 5.32 Å². The molecule has 1 aromatic carbocycles. The van der Waals surface area contributed by atoms with E-state index in [0.717, 1.165) is 42.9 Å². The summed E-state index contributed by atoms with van der Waals surface area (Å²) in [6.07, 6.45) is 3.26. The van der Waals surface area contributed by atoms with Crippen molar-refractivity contribution in [2.45, 2.75) is 39.2 Å². The Hall–Kier alpha value is -2.18. The quantitative estimate of drug-likeness (QED) is 0.738. The number of nitrogens with zero attached hydrogens (tertiary/aromatic N) is 2. The first-order valence-corrected chi connectivity index (χ1v) is 9.25. The SMILES string of the molecule is Cc1cc(C)n(-c2ccc(C(=O)NCCCOCC3CCCO3)cc2)n1. The highest BCUT2D eigenvalue weighted by molar-refractivity contribution is 5.94. The molecule has 1 atom stereocenters. The number of rotatable bonds is 8. The van der Waals surface area contributed by atoms with E-state index in [0.29, 0.717) is 25.3 Å². The number of aryl methyl sites for hydroxylation is 2. The number of carbonyl (C=O) groups is 1. The van der Waals surface area contributed by atoms with Crippen molar-refractivity contribution in [3.63, 3.8) is 0 Å². The Labute approximate surface area is 154 Å². The lowest BCUT2D eigenvalue weighted by Crippen LogP contribution is -2.25. The van der Waals surface area contributed by atoms with Gasteiger partial charge in [-0.1, -0.05) is 0 Å². The van der Waals surface area contributed by atoms with Crippen molar-refractivity contribution in [1.29, 1.82) is 0 Å². The van der Waals surface area contributed by atoms with Gasteiger partial charge < -0.3 is 14.8 Å². The fourth-order valence-electron chi connectivity index (χ4n) is 3.11. The molecule has 1 N–H and O–H groups in total. The van der Waals surface area contributed by atoms with Gasteiger partial charge in [0, 0.05) is 31.0 Å². The molecule has 6 nitrogen and oxygen atoms in total. The molecular formula is C20H27N3O3. The first-order chi connectivity index (χ1) is 12.6. The Morgan fingerprint density at radius 3 is 2.81 bits per heavy atom. The fraction of sp³-hybridized carbons (Fsp3) is 0.500. The van der Waals surface area contributed by atoms with E-state index in [4.69, 9.17) is 9.47 Å². The van der Waals surface area contributed by atoms with Gasteiger partial charge in [0.15, 0.2) is 0 Å². The van der Waals surface area contributed by atoms with Crippen LogP contribution in [-0.4, -0.2) is 48.2 Å². The van der Waals surface area contributed by atoms with Crippen LogP contribution >= 0.6 is 0 Å². The molecule has 0 aliphatic carbocycles. The largest absolute Gasteiger partial charge is 0.379 e. The maximum atomic E-state index is 12.2. The summed E-state index contributed by atoms with van der Waals surface area (Å²) in [6, 6.07) is 9.52. The van der Waals surface area contributed by atoms with Crippen LogP contribution in [-0.2, 0) is 9.47 Å². The number of nitrogens with one attached hydrogen (secondary N) is 1. The molecule has 3 rings (SSSR count). The molecule has 1 unspecified atom stereocenters. The Morgan fingerprint density at radius 1 is 1.35 bits per heavy atom. The molecule has 0 saturated carbocycles. The van der Waals surface area contributed by atoms with Crippen molar-refractivity contribution in [2.75, 3.05) is 26.4 Å². The molecule has 1 aromatic heterocycles. The molecule has 6 heteroatoms. The van der Waals surface area contributed by atoms with Crippen LogP contribution in [0.25, 0.3) is 5.69 Å². The molecule has 0 spiro atoms. The third-order valence-corrected chi connectivity index (χ3v) is 4.46. The van der Waals surface area contributed by atoms with Gasteiger partial charge in [-0.25, -0.2) is 4.68 Å². The molecule has 0 radical (unpaired) electrons. The topological polar surface area (TPSA) is 65.4 Å². The third kappa shape index (κ3) is 4.93. The smallest absolute Gasteiger partial charge is 0.251 e. The van der Waals surface area contributed by atoms with Crippen LogP contribution in [0.15, 0.2) is 30.3 Å². The predicted molar refractivity (Wildman–Crippen MR) is 99.8 cm³/mol. The Morgan fingerprint density at radius 2 is 2.15 bits per heavy atom. The fourth-order valence-corrected chi connectivity index (χ4v) is 3.11. The number of hydrogen-bond acceptors (Lipinski definition) is 4. The van der Waals surface area contributed by atoms with E-state index < -0.39 is 0 Å². The summed E-state index contributed by atoms with van der Waals surface area (Å²) in [4.78, 5) is 12.2. The van der Waals surface area contributed by atoms with Gasteiger partial charge in [0.25, 0.3) is 5.91 Å². The summed E-state index contributed by atoms with van der Waals surface area (Å²) in [7, 11) is 0. The second-order valence-electron chi connectivity index (χ2n) is 6.71.